The van der Waals surface area contributed by atoms with Crippen LogP contribution < -0.4 is 0 Å². The summed E-state index contributed by atoms with van der Waals surface area (Å²) in [5.74, 6) is 0.0505. The SMILES string of the molecule is CCCCCCOCCOCCOCCOCCOCCOCCN(C)C(=O)OCC1c2ccccc2-c2ccccc21. The van der Waals surface area contributed by atoms with Crippen LogP contribution in [-0.2, 0) is 33.2 Å². The first-order valence-corrected chi connectivity index (χ1v) is 15.7. The molecule has 0 aliphatic heterocycles. The summed E-state index contributed by atoms with van der Waals surface area (Å²) in [6.07, 6.45) is 4.53. The molecule has 1 aliphatic rings. The average molecular weight is 602 g/mol. The summed E-state index contributed by atoms with van der Waals surface area (Å²) in [6, 6.07) is 16.6. The predicted octanol–water partition coefficient (Wildman–Crippen LogP) is 5.55. The van der Waals surface area contributed by atoms with Gasteiger partial charge < -0.3 is 38.1 Å². The Morgan fingerprint density at radius 1 is 0.605 bits per heavy atom. The van der Waals surface area contributed by atoms with Gasteiger partial charge in [0.2, 0.25) is 0 Å². The van der Waals surface area contributed by atoms with E-state index in [0.717, 1.165) is 13.0 Å². The molecule has 0 bridgehead atoms. The first kappa shape index (κ1) is 35.0. The zero-order valence-electron chi connectivity index (χ0n) is 26.1. The van der Waals surface area contributed by atoms with Gasteiger partial charge in [-0.2, -0.15) is 0 Å². The summed E-state index contributed by atoms with van der Waals surface area (Å²) in [4.78, 5) is 14.1. The standard InChI is InChI=1S/C34H51NO8/c1-3-4-5-10-16-37-18-20-39-22-24-41-26-27-42-25-23-40-21-19-38-17-15-35(2)34(36)43-28-33-31-13-8-6-11-29(31)30-12-7-9-14-32(30)33/h6-9,11-14,33H,3-5,10,15-28H2,1-2H3. The van der Waals surface area contributed by atoms with E-state index in [9.17, 15) is 4.79 Å². The van der Waals surface area contributed by atoms with Gasteiger partial charge in [-0.05, 0) is 28.7 Å². The number of amides is 1. The van der Waals surface area contributed by atoms with E-state index in [0.29, 0.717) is 85.8 Å². The summed E-state index contributed by atoms with van der Waals surface area (Å²) in [6.45, 7) is 9.48. The first-order chi connectivity index (χ1) is 21.2. The van der Waals surface area contributed by atoms with Crippen molar-refractivity contribution in [1.82, 2.24) is 4.90 Å². The number of ether oxygens (including phenoxy) is 7. The van der Waals surface area contributed by atoms with Crippen molar-refractivity contribution in [2.24, 2.45) is 0 Å². The molecule has 0 radical (unpaired) electrons. The van der Waals surface area contributed by atoms with Crippen LogP contribution in [-0.4, -0.2) is 110 Å². The second-order valence-corrected chi connectivity index (χ2v) is 10.5. The normalized spacial score (nSPS) is 12.3. The number of nitrogens with zero attached hydrogens (tertiary/aromatic N) is 1. The van der Waals surface area contributed by atoms with Crippen LogP contribution in [0, 0.1) is 0 Å². The Balaban J connectivity index is 1.08. The molecule has 2 aromatic carbocycles. The van der Waals surface area contributed by atoms with Gasteiger partial charge in [-0.25, -0.2) is 4.79 Å². The lowest BCUT2D eigenvalue weighted by Crippen LogP contribution is -2.32. The fourth-order valence-electron chi connectivity index (χ4n) is 4.83. The van der Waals surface area contributed by atoms with Gasteiger partial charge in [0.05, 0.1) is 72.7 Å². The molecule has 0 unspecified atom stereocenters. The summed E-state index contributed by atoms with van der Waals surface area (Å²) >= 11 is 0. The molecule has 9 nitrogen and oxygen atoms in total. The van der Waals surface area contributed by atoms with Crippen molar-refractivity contribution in [2.75, 3.05) is 99.5 Å². The van der Waals surface area contributed by atoms with Crippen molar-refractivity contribution in [2.45, 2.75) is 38.5 Å². The maximum absolute atomic E-state index is 12.6. The Morgan fingerprint density at radius 3 is 1.53 bits per heavy atom. The third kappa shape index (κ3) is 13.3. The molecule has 0 saturated heterocycles. The fraction of sp³-hybridized carbons (Fsp3) is 0.618. The van der Waals surface area contributed by atoms with Crippen LogP contribution in [0.15, 0.2) is 48.5 Å². The number of unbranched alkanes of at least 4 members (excludes halogenated alkanes) is 3. The van der Waals surface area contributed by atoms with Crippen LogP contribution in [0.25, 0.3) is 11.1 Å². The van der Waals surface area contributed by atoms with Crippen LogP contribution in [0.1, 0.15) is 49.7 Å². The molecule has 0 saturated carbocycles. The van der Waals surface area contributed by atoms with Crippen molar-refractivity contribution in [3.05, 3.63) is 59.7 Å². The van der Waals surface area contributed by atoms with Gasteiger partial charge in [-0.1, -0.05) is 74.7 Å². The number of benzene rings is 2. The lowest BCUT2D eigenvalue weighted by atomic mass is 9.98. The number of fused-ring (bicyclic) bond motifs is 3. The highest BCUT2D eigenvalue weighted by Crippen LogP contribution is 2.44. The van der Waals surface area contributed by atoms with Crippen LogP contribution in [0.4, 0.5) is 4.79 Å². The molecule has 0 heterocycles. The highest BCUT2D eigenvalue weighted by Gasteiger charge is 2.29. The highest BCUT2D eigenvalue weighted by molar-refractivity contribution is 5.79. The third-order valence-electron chi connectivity index (χ3n) is 7.22. The van der Waals surface area contributed by atoms with Crippen molar-refractivity contribution in [1.29, 1.82) is 0 Å². The second kappa shape index (κ2) is 22.0. The summed E-state index contributed by atoms with van der Waals surface area (Å²) in [7, 11) is 1.72. The molecule has 0 N–H and O–H groups in total. The maximum atomic E-state index is 12.6. The lowest BCUT2D eigenvalue weighted by molar-refractivity contribution is -0.0174. The lowest BCUT2D eigenvalue weighted by Gasteiger charge is -2.19. The minimum Gasteiger partial charge on any atom is -0.448 e. The zero-order valence-corrected chi connectivity index (χ0v) is 26.1. The highest BCUT2D eigenvalue weighted by atomic mass is 16.6. The molecule has 0 fully saturated rings. The summed E-state index contributed by atoms with van der Waals surface area (Å²) in [5.41, 5.74) is 4.83. The molecule has 0 spiro atoms. The molecule has 0 aromatic heterocycles. The molecule has 1 aliphatic carbocycles. The van der Waals surface area contributed by atoms with Gasteiger partial charge in [0.1, 0.15) is 6.61 Å². The van der Waals surface area contributed by atoms with Crippen LogP contribution in [0.3, 0.4) is 0 Å². The van der Waals surface area contributed by atoms with E-state index in [4.69, 9.17) is 33.2 Å². The Kier molecular flexibility index (Phi) is 17.9. The van der Waals surface area contributed by atoms with Crippen molar-refractivity contribution in [3.8, 4) is 11.1 Å². The van der Waals surface area contributed by atoms with Crippen molar-refractivity contribution in [3.63, 3.8) is 0 Å². The maximum Gasteiger partial charge on any atom is 0.409 e. The Labute approximate surface area is 257 Å². The molecule has 240 valence electrons. The smallest absolute Gasteiger partial charge is 0.409 e. The zero-order chi connectivity index (χ0) is 30.4. The number of carbonyl (C=O) groups is 1. The van der Waals surface area contributed by atoms with Gasteiger partial charge in [-0.15, -0.1) is 0 Å². The van der Waals surface area contributed by atoms with Crippen LogP contribution in [0.2, 0.25) is 0 Å². The number of carbonyl (C=O) groups excluding carboxylic acids is 1. The Morgan fingerprint density at radius 2 is 1.05 bits per heavy atom. The largest absolute Gasteiger partial charge is 0.448 e. The number of hydrogen-bond donors (Lipinski definition) is 0. The first-order valence-electron chi connectivity index (χ1n) is 15.7. The molecule has 2 aromatic rings. The minimum absolute atomic E-state index is 0.0505. The number of rotatable bonds is 25. The molecular weight excluding hydrogens is 550 g/mol. The van der Waals surface area contributed by atoms with E-state index >= 15 is 0 Å². The van der Waals surface area contributed by atoms with Gasteiger partial charge >= 0.3 is 6.09 Å². The van der Waals surface area contributed by atoms with Gasteiger partial charge in [-0.3, -0.25) is 0 Å². The van der Waals surface area contributed by atoms with E-state index in [1.165, 1.54) is 41.5 Å². The van der Waals surface area contributed by atoms with E-state index in [2.05, 4.69) is 31.2 Å². The van der Waals surface area contributed by atoms with E-state index in [1.54, 1.807) is 11.9 Å². The van der Waals surface area contributed by atoms with E-state index in [1.807, 2.05) is 24.3 Å². The summed E-state index contributed by atoms with van der Waals surface area (Å²) in [5, 5.41) is 0. The molecule has 3 rings (SSSR count). The Bertz CT molecular complexity index is 974. The van der Waals surface area contributed by atoms with Crippen molar-refractivity contribution < 1.29 is 38.0 Å². The van der Waals surface area contributed by atoms with E-state index < -0.39 is 0 Å². The molecule has 43 heavy (non-hydrogen) atoms. The number of likely N-dealkylation sites (N-methyl/N-ethyl adjacent to an activating group) is 1. The molecular formula is C34H51NO8. The topological polar surface area (TPSA) is 84.9 Å². The Hall–Kier alpha value is -2.53. The quantitative estimate of drug-likeness (QED) is 0.137. The summed E-state index contributed by atoms with van der Waals surface area (Å²) < 4.78 is 38.8. The second-order valence-electron chi connectivity index (χ2n) is 10.5. The van der Waals surface area contributed by atoms with Gasteiger partial charge in [0, 0.05) is 26.1 Å². The number of hydrogen-bond acceptors (Lipinski definition) is 8. The molecule has 9 heteroatoms. The molecule has 0 atom stereocenters. The fourth-order valence-corrected chi connectivity index (χ4v) is 4.83. The molecule has 1 amide bonds. The van der Waals surface area contributed by atoms with E-state index in [-0.39, 0.29) is 12.0 Å². The third-order valence-corrected chi connectivity index (χ3v) is 7.22. The van der Waals surface area contributed by atoms with Crippen LogP contribution in [0.5, 0.6) is 0 Å². The average Bonchev–Trinajstić information content (AvgIpc) is 3.35. The predicted molar refractivity (Wildman–Crippen MR) is 167 cm³/mol. The van der Waals surface area contributed by atoms with Crippen molar-refractivity contribution >= 4 is 6.09 Å². The van der Waals surface area contributed by atoms with Gasteiger partial charge in [0.25, 0.3) is 0 Å². The monoisotopic (exact) mass is 601 g/mol. The van der Waals surface area contributed by atoms with Crippen LogP contribution >= 0.6 is 0 Å². The minimum atomic E-state index is -0.353. The van der Waals surface area contributed by atoms with Gasteiger partial charge in [0.15, 0.2) is 0 Å².